The summed E-state index contributed by atoms with van der Waals surface area (Å²) < 4.78 is 42.1. The summed E-state index contributed by atoms with van der Waals surface area (Å²) in [5, 5.41) is 2.60. The van der Waals surface area contributed by atoms with Crippen molar-refractivity contribution in [3.63, 3.8) is 0 Å². The SMILES string of the molecule is O=C(Cn1c(=O)c(=O)[nH]c2ccccc21)NCc1ccc(OCC(F)(F)F)cc1. The largest absolute Gasteiger partial charge is 0.484 e. The highest BCUT2D eigenvalue weighted by atomic mass is 19.4. The van der Waals surface area contributed by atoms with E-state index in [4.69, 9.17) is 0 Å². The molecule has 10 heteroatoms. The zero-order chi connectivity index (χ0) is 21.0. The van der Waals surface area contributed by atoms with Gasteiger partial charge in [0, 0.05) is 6.54 Å². The number of para-hydroxylation sites is 2. The third-order valence-electron chi connectivity index (χ3n) is 4.00. The van der Waals surface area contributed by atoms with Crippen LogP contribution in [0.2, 0.25) is 0 Å². The van der Waals surface area contributed by atoms with Gasteiger partial charge in [-0.25, -0.2) is 0 Å². The third kappa shape index (κ3) is 5.24. The Balaban J connectivity index is 1.64. The van der Waals surface area contributed by atoms with Crippen molar-refractivity contribution in [2.24, 2.45) is 0 Å². The second-order valence-electron chi connectivity index (χ2n) is 6.19. The summed E-state index contributed by atoms with van der Waals surface area (Å²) in [4.78, 5) is 38.6. The monoisotopic (exact) mass is 407 g/mol. The van der Waals surface area contributed by atoms with E-state index in [1.54, 1.807) is 24.3 Å². The maximum Gasteiger partial charge on any atom is 0.422 e. The lowest BCUT2D eigenvalue weighted by atomic mass is 10.2. The smallest absolute Gasteiger partial charge is 0.422 e. The first kappa shape index (κ1) is 20.2. The number of benzene rings is 2. The number of fused-ring (bicyclic) bond motifs is 1. The van der Waals surface area contributed by atoms with E-state index in [1.165, 1.54) is 24.3 Å². The van der Waals surface area contributed by atoms with Crippen molar-refractivity contribution < 1.29 is 22.7 Å². The van der Waals surface area contributed by atoms with E-state index in [-0.39, 0.29) is 18.8 Å². The maximum absolute atomic E-state index is 12.2. The van der Waals surface area contributed by atoms with Crippen molar-refractivity contribution >= 4 is 16.9 Å². The highest BCUT2D eigenvalue weighted by Crippen LogP contribution is 2.18. The minimum Gasteiger partial charge on any atom is -0.484 e. The molecule has 3 rings (SSSR count). The first-order chi connectivity index (χ1) is 13.7. The quantitative estimate of drug-likeness (QED) is 0.611. The number of nitrogens with zero attached hydrogens (tertiary/aromatic N) is 1. The van der Waals surface area contributed by atoms with Gasteiger partial charge in [0.15, 0.2) is 6.61 Å². The van der Waals surface area contributed by atoms with Gasteiger partial charge in [0.05, 0.1) is 11.0 Å². The predicted octanol–water partition coefficient (Wildman–Crippen LogP) is 1.95. The van der Waals surface area contributed by atoms with Crippen molar-refractivity contribution in [1.82, 2.24) is 14.9 Å². The van der Waals surface area contributed by atoms with Gasteiger partial charge in [-0.15, -0.1) is 0 Å². The van der Waals surface area contributed by atoms with Gasteiger partial charge in [-0.3, -0.25) is 19.0 Å². The van der Waals surface area contributed by atoms with E-state index in [9.17, 15) is 27.6 Å². The zero-order valence-corrected chi connectivity index (χ0v) is 15.0. The molecule has 0 unspecified atom stereocenters. The molecule has 1 heterocycles. The number of carbonyl (C=O) groups is 1. The van der Waals surface area contributed by atoms with Crippen LogP contribution in [0.25, 0.3) is 11.0 Å². The molecule has 7 nitrogen and oxygen atoms in total. The fourth-order valence-electron chi connectivity index (χ4n) is 2.65. The number of ether oxygens (including phenoxy) is 1. The van der Waals surface area contributed by atoms with Crippen molar-refractivity contribution in [3.05, 3.63) is 74.8 Å². The molecule has 0 saturated carbocycles. The summed E-state index contributed by atoms with van der Waals surface area (Å²) in [6, 6.07) is 12.4. The minimum absolute atomic E-state index is 0.0546. The molecule has 3 aromatic rings. The van der Waals surface area contributed by atoms with Gasteiger partial charge < -0.3 is 15.0 Å². The fourth-order valence-corrected chi connectivity index (χ4v) is 2.65. The molecule has 1 amide bonds. The number of H-pyrrole nitrogens is 1. The number of alkyl halides is 3. The number of nitrogens with one attached hydrogen (secondary N) is 2. The number of rotatable bonds is 6. The number of aromatic nitrogens is 2. The Morgan fingerprint density at radius 3 is 2.45 bits per heavy atom. The van der Waals surface area contributed by atoms with Crippen LogP contribution in [0.3, 0.4) is 0 Å². The Kier molecular flexibility index (Phi) is 5.71. The lowest BCUT2D eigenvalue weighted by Gasteiger charge is -2.11. The molecule has 2 aromatic carbocycles. The number of aromatic amines is 1. The molecule has 0 aliphatic carbocycles. The summed E-state index contributed by atoms with van der Waals surface area (Å²) >= 11 is 0. The van der Waals surface area contributed by atoms with Crippen LogP contribution in [-0.2, 0) is 17.9 Å². The molecule has 0 aliphatic heterocycles. The van der Waals surface area contributed by atoms with Crippen molar-refractivity contribution in [1.29, 1.82) is 0 Å². The summed E-state index contributed by atoms with van der Waals surface area (Å²) in [7, 11) is 0. The van der Waals surface area contributed by atoms with Crippen LogP contribution < -0.4 is 21.2 Å². The molecule has 0 aliphatic rings. The average Bonchev–Trinajstić information content (AvgIpc) is 2.68. The summed E-state index contributed by atoms with van der Waals surface area (Å²) in [5.74, 6) is -0.445. The predicted molar refractivity (Wildman–Crippen MR) is 98.7 cm³/mol. The van der Waals surface area contributed by atoms with Crippen LogP contribution in [0.4, 0.5) is 13.2 Å². The molecule has 0 radical (unpaired) electrons. The number of hydrogen-bond donors (Lipinski definition) is 2. The first-order valence-electron chi connectivity index (χ1n) is 8.50. The zero-order valence-electron chi connectivity index (χ0n) is 15.0. The molecule has 0 spiro atoms. The third-order valence-corrected chi connectivity index (χ3v) is 4.00. The molecule has 0 fully saturated rings. The normalized spacial score (nSPS) is 11.4. The minimum atomic E-state index is -4.42. The number of carbonyl (C=O) groups excluding carboxylic acids is 1. The highest BCUT2D eigenvalue weighted by Gasteiger charge is 2.28. The van der Waals surface area contributed by atoms with Crippen molar-refractivity contribution in [2.45, 2.75) is 19.3 Å². The molecule has 1 aromatic heterocycles. The van der Waals surface area contributed by atoms with E-state index in [2.05, 4.69) is 15.0 Å². The Morgan fingerprint density at radius 2 is 1.76 bits per heavy atom. The summed E-state index contributed by atoms with van der Waals surface area (Å²) in [6.07, 6.45) is -4.42. The Morgan fingerprint density at radius 1 is 1.07 bits per heavy atom. The molecule has 152 valence electrons. The van der Waals surface area contributed by atoms with Gasteiger partial charge in [-0.05, 0) is 29.8 Å². The van der Waals surface area contributed by atoms with Gasteiger partial charge in [0.1, 0.15) is 12.3 Å². The molecule has 2 N–H and O–H groups in total. The number of hydrogen-bond acceptors (Lipinski definition) is 4. The first-order valence-corrected chi connectivity index (χ1v) is 8.50. The maximum atomic E-state index is 12.2. The van der Waals surface area contributed by atoms with Gasteiger partial charge in [0.2, 0.25) is 5.91 Å². The Hall–Kier alpha value is -3.56. The second kappa shape index (κ2) is 8.21. The van der Waals surface area contributed by atoms with E-state index < -0.39 is 29.8 Å². The van der Waals surface area contributed by atoms with Crippen molar-refractivity contribution in [2.75, 3.05) is 6.61 Å². The second-order valence-corrected chi connectivity index (χ2v) is 6.19. The van der Waals surface area contributed by atoms with Crippen LogP contribution >= 0.6 is 0 Å². The van der Waals surface area contributed by atoms with Gasteiger partial charge in [-0.2, -0.15) is 13.2 Å². The highest BCUT2D eigenvalue weighted by molar-refractivity contribution is 5.79. The molecular formula is C19H16F3N3O4. The summed E-state index contributed by atoms with van der Waals surface area (Å²) in [5.41, 5.74) is -0.199. The average molecular weight is 407 g/mol. The van der Waals surface area contributed by atoms with Gasteiger partial charge in [0.25, 0.3) is 0 Å². The van der Waals surface area contributed by atoms with Crippen LogP contribution in [0, 0.1) is 0 Å². The molecule has 29 heavy (non-hydrogen) atoms. The van der Waals surface area contributed by atoms with Crippen LogP contribution in [0.1, 0.15) is 5.56 Å². The topological polar surface area (TPSA) is 93.2 Å². The van der Waals surface area contributed by atoms with Crippen LogP contribution in [0.5, 0.6) is 5.75 Å². The van der Waals surface area contributed by atoms with Crippen molar-refractivity contribution in [3.8, 4) is 5.75 Å². The summed E-state index contributed by atoms with van der Waals surface area (Å²) in [6.45, 7) is -1.65. The number of halogens is 3. The van der Waals surface area contributed by atoms with E-state index >= 15 is 0 Å². The number of amides is 1. The molecule has 0 bridgehead atoms. The molecule has 0 atom stereocenters. The molecule has 0 saturated heterocycles. The Labute approximate surface area is 161 Å². The van der Waals surface area contributed by atoms with E-state index in [1.807, 2.05) is 0 Å². The van der Waals surface area contributed by atoms with E-state index in [0.29, 0.717) is 16.6 Å². The Bertz CT molecular complexity index is 1130. The van der Waals surface area contributed by atoms with Crippen LogP contribution in [-0.4, -0.2) is 28.2 Å². The van der Waals surface area contributed by atoms with Gasteiger partial charge >= 0.3 is 17.3 Å². The van der Waals surface area contributed by atoms with Gasteiger partial charge in [-0.1, -0.05) is 24.3 Å². The molecular weight excluding hydrogens is 391 g/mol. The van der Waals surface area contributed by atoms with Crippen LogP contribution in [0.15, 0.2) is 58.1 Å². The lowest BCUT2D eigenvalue weighted by molar-refractivity contribution is -0.153. The lowest BCUT2D eigenvalue weighted by Crippen LogP contribution is -2.40. The standard InChI is InChI=1S/C19H16F3N3O4/c20-19(21,22)11-29-13-7-5-12(6-8-13)9-23-16(26)10-25-15-4-2-1-3-14(15)24-17(27)18(25)28/h1-8H,9-11H2,(H,23,26)(H,24,27). The van der Waals surface area contributed by atoms with E-state index in [0.717, 1.165) is 4.57 Å². The fraction of sp³-hybridized carbons (Fsp3) is 0.211.